The first-order valence-electron chi connectivity index (χ1n) is 9.15. The van der Waals surface area contributed by atoms with E-state index in [0.717, 1.165) is 10.7 Å². The van der Waals surface area contributed by atoms with E-state index in [-0.39, 0.29) is 23.5 Å². The van der Waals surface area contributed by atoms with Gasteiger partial charge in [0, 0.05) is 35.6 Å². The number of cyclic esters (lactones) is 2. The zero-order chi connectivity index (χ0) is 22.8. The lowest BCUT2D eigenvalue weighted by Gasteiger charge is -2.29. The van der Waals surface area contributed by atoms with Crippen LogP contribution in [-0.2, 0) is 30.3 Å². The quantitative estimate of drug-likeness (QED) is 0.275. The number of ketones is 1. The van der Waals surface area contributed by atoms with Gasteiger partial charge < -0.3 is 19.9 Å². The van der Waals surface area contributed by atoms with E-state index in [1.807, 2.05) is 0 Å². The Hall–Kier alpha value is -3.46. The van der Waals surface area contributed by atoms with Gasteiger partial charge in [-0.1, -0.05) is 28.1 Å². The van der Waals surface area contributed by atoms with Crippen LogP contribution < -0.4 is 5.32 Å². The Morgan fingerprint density at radius 2 is 1.68 bits per heavy atom. The highest BCUT2D eigenvalue weighted by Crippen LogP contribution is 2.27. The van der Waals surface area contributed by atoms with Crippen LogP contribution in [-0.4, -0.2) is 34.6 Å². The van der Waals surface area contributed by atoms with E-state index in [1.165, 1.54) is 26.0 Å². The Kier molecular flexibility index (Phi) is 6.26. The number of benzene rings is 2. The zero-order valence-electron chi connectivity index (χ0n) is 16.6. The molecule has 160 valence electrons. The van der Waals surface area contributed by atoms with Gasteiger partial charge in [-0.2, -0.15) is 0 Å². The first-order chi connectivity index (χ1) is 14.6. The maximum Gasteiger partial charge on any atom is 0.350 e. The molecular formula is C22H18BrNO7. The average molecular weight is 488 g/mol. The van der Waals surface area contributed by atoms with Crippen LogP contribution >= 0.6 is 15.9 Å². The van der Waals surface area contributed by atoms with Crippen LogP contribution in [0.2, 0.25) is 0 Å². The number of para-hydroxylation sites is 1. The molecule has 0 aromatic heterocycles. The average Bonchev–Trinajstić information content (AvgIpc) is 2.67. The highest BCUT2D eigenvalue weighted by molar-refractivity contribution is 9.10. The van der Waals surface area contributed by atoms with Crippen molar-refractivity contribution in [3.63, 3.8) is 0 Å². The highest BCUT2D eigenvalue weighted by Gasteiger charge is 2.39. The number of nitrogens with one attached hydrogen (secondary N) is 1. The van der Waals surface area contributed by atoms with Crippen LogP contribution in [0.4, 0.5) is 5.69 Å². The summed E-state index contributed by atoms with van der Waals surface area (Å²) in [6, 6.07) is 11.3. The molecule has 2 aromatic rings. The van der Waals surface area contributed by atoms with Gasteiger partial charge in [0.2, 0.25) is 0 Å². The van der Waals surface area contributed by atoms with Gasteiger partial charge in [-0.25, -0.2) is 9.59 Å². The summed E-state index contributed by atoms with van der Waals surface area (Å²) in [6.45, 7) is 2.84. The normalized spacial score (nSPS) is 15.0. The summed E-state index contributed by atoms with van der Waals surface area (Å²) in [5, 5.41) is 12.0. The van der Waals surface area contributed by atoms with Crippen molar-refractivity contribution in [2.45, 2.75) is 26.1 Å². The molecule has 0 radical (unpaired) electrons. The van der Waals surface area contributed by atoms with E-state index < -0.39 is 29.3 Å². The number of carboxylic acid groups (broad SMARTS) is 1. The molecule has 1 fully saturated rings. The first-order valence-corrected chi connectivity index (χ1v) is 9.94. The molecule has 0 spiro atoms. The second-order valence-corrected chi connectivity index (χ2v) is 8.04. The number of rotatable bonds is 6. The van der Waals surface area contributed by atoms with Gasteiger partial charge in [0.05, 0.1) is 12.1 Å². The summed E-state index contributed by atoms with van der Waals surface area (Å²) in [5.41, 5.74) is 0.604. The number of hydrogen-bond donors (Lipinski definition) is 2. The number of carbonyl (C=O) groups is 4. The van der Waals surface area contributed by atoms with E-state index in [9.17, 15) is 24.3 Å². The minimum absolute atomic E-state index is 0.163. The molecule has 0 aliphatic carbocycles. The third-order valence-corrected chi connectivity index (χ3v) is 4.85. The number of aliphatic carboxylic acids is 1. The van der Waals surface area contributed by atoms with E-state index in [0.29, 0.717) is 11.1 Å². The second-order valence-electron chi connectivity index (χ2n) is 7.13. The SMILES string of the molecule is CC1(C)OC(=O)C(=CNc2c(CC(=O)O)cccc2C(=O)c2ccc(Br)cc2)C(=O)O1. The predicted molar refractivity (Wildman–Crippen MR) is 113 cm³/mol. The number of ether oxygens (including phenoxy) is 2. The molecule has 31 heavy (non-hydrogen) atoms. The third-order valence-electron chi connectivity index (χ3n) is 4.32. The van der Waals surface area contributed by atoms with Crippen molar-refractivity contribution >= 4 is 45.3 Å². The third kappa shape index (κ3) is 5.18. The van der Waals surface area contributed by atoms with Crippen molar-refractivity contribution in [1.82, 2.24) is 0 Å². The summed E-state index contributed by atoms with van der Waals surface area (Å²) < 4.78 is 10.9. The van der Waals surface area contributed by atoms with Crippen LogP contribution in [0.3, 0.4) is 0 Å². The highest BCUT2D eigenvalue weighted by atomic mass is 79.9. The van der Waals surface area contributed by atoms with Crippen molar-refractivity contribution in [1.29, 1.82) is 0 Å². The molecule has 1 heterocycles. The van der Waals surface area contributed by atoms with Gasteiger partial charge in [0.15, 0.2) is 11.4 Å². The van der Waals surface area contributed by atoms with Crippen LogP contribution in [0.25, 0.3) is 0 Å². The fraction of sp³-hybridized carbons (Fsp3) is 0.182. The molecule has 3 rings (SSSR count). The predicted octanol–water partition coefficient (Wildman–Crippen LogP) is 3.44. The summed E-state index contributed by atoms with van der Waals surface area (Å²) >= 11 is 3.31. The first kappa shape index (κ1) is 22.2. The second kappa shape index (κ2) is 8.73. The summed E-state index contributed by atoms with van der Waals surface area (Å²) in [5.74, 6) is -4.66. The minimum Gasteiger partial charge on any atom is -0.481 e. The number of carboxylic acids is 1. The van der Waals surface area contributed by atoms with Crippen LogP contribution in [0.1, 0.15) is 35.3 Å². The van der Waals surface area contributed by atoms with Crippen molar-refractivity contribution < 1.29 is 33.8 Å². The van der Waals surface area contributed by atoms with E-state index in [2.05, 4.69) is 21.2 Å². The maximum atomic E-state index is 13.1. The van der Waals surface area contributed by atoms with E-state index >= 15 is 0 Å². The zero-order valence-corrected chi connectivity index (χ0v) is 18.2. The molecule has 1 saturated heterocycles. The maximum absolute atomic E-state index is 13.1. The number of hydrogen-bond acceptors (Lipinski definition) is 7. The standard InChI is InChI=1S/C22H18BrNO7/c1-22(2)30-20(28)16(21(29)31-22)11-24-18-13(10-17(25)26)4-3-5-15(18)19(27)12-6-8-14(23)9-7-12/h3-9,11,24H,10H2,1-2H3,(H,25,26). The smallest absolute Gasteiger partial charge is 0.350 e. The molecular weight excluding hydrogens is 470 g/mol. The molecule has 8 nitrogen and oxygen atoms in total. The van der Waals surface area contributed by atoms with Crippen molar-refractivity contribution in [2.24, 2.45) is 0 Å². The lowest BCUT2D eigenvalue weighted by molar-refractivity contribution is -0.222. The van der Waals surface area contributed by atoms with Gasteiger partial charge in [-0.05, 0) is 35.9 Å². The Morgan fingerprint density at radius 3 is 2.26 bits per heavy atom. The number of esters is 2. The fourth-order valence-electron chi connectivity index (χ4n) is 2.95. The fourth-order valence-corrected chi connectivity index (χ4v) is 3.21. The lowest BCUT2D eigenvalue weighted by Crippen LogP contribution is -2.42. The van der Waals surface area contributed by atoms with E-state index in [4.69, 9.17) is 9.47 Å². The Balaban J connectivity index is 2.02. The van der Waals surface area contributed by atoms with Crippen LogP contribution in [0.15, 0.2) is 58.7 Å². The van der Waals surface area contributed by atoms with Crippen molar-refractivity contribution in [3.8, 4) is 0 Å². The molecule has 0 amide bonds. The van der Waals surface area contributed by atoms with Gasteiger partial charge in [-0.15, -0.1) is 0 Å². The molecule has 0 bridgehead atoms. The molecule has 0 atom stereocenters. The number of carbonyl (C=O) groups excluding carboxylic acids is 3. The monoisotopic (exact) mass is 487 g/mol. The van der Waals surface area contributed by atoms with Crippen molar-refractivity contribution in [2.75, 3.05) is 5.32 Å². The molecule has 0 saturated carbocycles. The molecule has 2 N–H and O–H groups in total. The number of halogens is 1. The summed E-state index contributed by atoms with van der Waals surface area (Å²) in [4.78, 5) is 48.7. The van der Waals surface area contributed by atoms with Gasteiger partial charge in [-0.3, -0.25) is 9.59 Å². The topological polar surface area (TPSA) is 119 Å². The van der Waals surface area contributed by atoms with Gasteiger partial charge >= 0.3 is 17.9 Å². The number of anilines is 1. The van der Waals surface area contributed by atoms with Crippen molar-refractivity contribution in [3.05, 3.63) is 75.4 Å². The largest absolute Gasteiger partial charge is 0.481 e. The minimum atomic E-state index is -1.39. The molecule has 2 aromatic carbocycles. The Labute approximate surface area is 186 Å². The summed E-state index contributed by atoms with van der Waals surface area (Å²) in [6.07, 6.45) is 0.674. The Bertz CT molecular complexity index is 1080. The van der Waals surface area contributed by atoms with Crippen LogP contribution in [0.5, 0.6) is 0 Å². The lowest BCUT2D eigenvalue weighted by atomic mass is 9.97. The molecule has 1 aliphatic rings. The van der Waals surface area contributed by atoms with E-state index in [1.54, 1.807) is 30.3 Å². The Morgan fingerprint density at radius 1 is 1.06 bits per heavy atom. The molecule has 0 unspecified atom stereocenters. The molecule has 1 aliphatic heterocycles. The summed E-state index contributed by atoms with van der Waals surface area (Å²) in [7, 11) is 0. The van der Waals surface area contributed by atoms with Crippen LogP contribution in [0, 0.1) is 0 Å². The van der Waals surface area contributed by atoms with Gasteiger partial charge in [0.1, 0.15) is 0 Å². The molecule has 9 heteroatoms. The van der Waals surface area contributed by atoms with Gasteiger partial charge in [0.25, 0.3) is 5.79 Å².